The van der Waals surface area contributed by atoms with Crippen LogP contribution in [-0.2, 0) is 0 Å². The molecule has 0 radical (unpaired) electrons. The number of hydrogen-bond donors (Lipinski definition) is 1. The highest BCUT2D eigenvalue weighted by Gasteiger charge is 2.20. The average molecular weight is 192 g/mol. The van der Waals surface area contributed by atoms with Gasteiger partial charge in [0.1, 0.15) is 0 Å². The van der Waals surface area contributed by atoms with Crippen LogP contribution in [0.2, 0.25) is 0 Å². The summed E-state index contributed by atoms with van der Waals surface area (Å²) in [5, 5.41) is 4.86. The zero-order chi connectivity index (χ0) is 8.27. The third-order valence-corrected chi connectivity index (χ3v) is 3.27. The second kappa shape index (κ2) is 4.39. The van der Waals surface area contributed by atoms with Crippen molar-refractivity contribution in [2.75, 3.05) is 12.3 Å². The van der Waals surface area contributed by atoms with Crippen LogP contribution in [0.15, 0.2) is 11.6 Å². The van der Waals surface area contributed by atoms with Crippen LogP contribution in [0.3, 0.4) is 0 Å². The zero-order valence-electron chi connectivity index (χ0n) is 6.77. The Morgan fingerprint density at radius 2 is 2.55 bits per heavy atom. The van der Waals surface area contributed by atoms with Gasteiger partial charge in [0.15, 0.2) is 0 Å². The average Bonchev–Trinajstić information content (AvgIpc) is 2.31. The van der Waals surface area contributed by atoms with Crippen molar-refractivity contribution in [3.63, 3.8) is 0 Å². The fourth-order valence-corrected chi connectivity index (χ4v) is 2.47. The van der Waals surface area contributed by atoms with Crippen LogP contribution in [0.4, 0.5) is 0 Å². The first-order valence-electron chi connectivity index (χ1n) is 3.86. The molecule has 0 saturated carbocycles. The van der Waals surface area contributed by atoms with E-state index in [0.29, 0.717) is 11.1 Å². The summed E-state index contributed by atoms with van der Waals surface area (Å²) in [6.07, 6.45) is 1.26. The Morgan fingerprint density at radius 1 is 1.82 bits per heavy atom. The van der Waals surface area contributed by atoms with Crippen LogP contribution >= 0.6 is 23.4 Å². The molecule has 2 atom stereocenters. The smallest absolute Gasteiger partial charge is 0.0310 e. The molecule has 1 N–H and O–H groups in total. The normalized spacial score (nSPS) is 30.7. The molecule has 0 spiro atoms. The predicted octanol–water partition coefficient (Wildman–Crippen LogP) is 2.22. The van der Waals surface area contributed by atoms with Crippen molar-refractivity contribution >= 4 is 23.4 Å². The molecule has 1 nitrogen and oxygen atoms in total. The van der Waals surface area contributed by atoms with Crippen LogP contribution < -0.4 is 5.32 Å². The Hall–Kier alpha value is 0.340. The first kappa shape index (κ1) is 9.43. The molecule has 64 valence electrons. The van der Waals surface area contributed by atoms with Gasteiger partial charge in [-0.15, -0.1) is 0 Å². The fourth-order valence-electron chi connectivity index (χ4n) is 1.21. The SMILES string of the molecule is C=C(Cl)CNC1CSC(C)C1. The summed E-state index contributed by atoms with van der Waals surface area (Å²) in [4.78, 5) is 0. The summed E-state index contributed by atoms with van der Waals surface area (Å²) in [5.41, 5.74) is 0. The summed E-state index contributed by atoms with van der Waals surface area (Å²) < 4.78 is 0. The van der Waals surface area contributed by atoms with Crippen LogP contribution in [0.25, 0.3) is 0 Å². The molecular formula is C8H14ClNS. The molecule has 0 bridgehead atoms. The minimum Gasteiger partial charge on any atom is -0.308 e. The molecule has 2 unspecified atom stereocenters. The van der Waals surface area contributed by atoms with Gasteiger partial charge >= 0.3 is 0 Å². The maximum atomic E-state index is 5.63. The Morgan fingerprint density at radius 3 is 3.00 bits per heavy atom. The lowest BCUT2D eigenvalue weighted by molar-refractivity contribution is 0.569. The predicted molar refractivity (Wildman–Crippen MR) is 53.3 cm³/mol. The number of rotatable bonds is 3. The van der Waals surface area contributed by atoms with E-state index < -0.39 is 0 Å². The van der Waals surface area contributed by atoms with Gasteiger partial charge in [-0.2, -0.15) is 11.8 Å². The van der Waals surface area contributed by atoms with Crippen LogP contribution in [0.5, 0.6) is 0 Å². The highest BCUT2D eigenvalue weighted by atomic mass is 35.5. The number of hydrogen-bond acceptors (Lipinski definition) is 2. The molecule has 0 aromatic carbocycles. The van der Waals surface area contributed by atoms with Gasteiger partial charge in [0.25, 0.3) is 0 Å². The lowest BCUT2D eigenvalue weighted by Gasteiger charge is -2.09. The van der Waals surface area contributed by atoms with Crippen LogP contribution in [-0.4, -0.2) is 23.6 Å². The second-order valence-corrected chi connectivity index (χ2v) is 4.98. The van der Waals surface area contributed by atoms with E-state index in [2.05, 4.69) is 18.8 Å². The molecule has 1 aliphatic heterocycles. The van der Waals surface area contributed by atoms with Gasteiger partial charge < -0.3 is 5.32 Å². The molecule has 1 aliphatic rings. The monoisotopic (exact) mass is 191 g/mol. The molecule has 0 aromatic rings. The first-order valence-corrected chi connectivity index (χ1v) is 5.29. The highest BCUT2D eigenvalue weighted by molar-refractivity contribution is 8.00. The number of halogens is 1. The summed E-state index contributed by atoms with van der Waals surface area (Å²) in [7, 11) is 0. The summed E-state index contributed by atoms with van der Waals surface area (Å²) in [5.74, 6) is 1.21. The largest absolute Gasteiger partial charge is 0.308 e. The van der Waals surface area contributed by atoms with Crippen molar-refractivity contribution in [3.8, 4) is 0 Å². The van der Waals surface area contributed by atoms with E-state index in [9.17, 15) is 0 Å². The van der Waals surface area contributed by atoms with Crippen molar-refractivity contribution in [1.82, 2.24) is 5.32 Å². The van der Waals surface area contributed by atoms with E-state index in [-0.39, 0.29) is 0 Å². The maximum Gasteiger partial charge on any atom is 0.0310 e. The van der Waals surface area contributed by atoms with Crippen LogP contribution in [0.1, 0.15) is 13.3 Å². The van der Waals surface area contributed by atoms with Gasteiger partial charge in [-0.25, -0.2) is 0 Å². The van der Waals surface area contributed by atoms with Crippen molar-refractivity contribution in [1.29, 1.82) is 0 Å². The van der Waals surface area contributed by atoms with E-state index in [1.54, 1.807) is 0 Å². The molecule has 1 heterocycles. The van der Waals surface area contributed by atoms with Gasteiger partial charge in [0, 0.05) is 28.6 Å². The Labute approximate surface area is 77.6 Å². The van der Waals surface area contributed by atoms with Crippen LogP contribution in [0, 0.1) is 0 Å². The molecule has 0 aliphatic carbocycles. The zero-order valence-corrected chi connectivity index (χ0v) is 8.34. The molecule has 1 fully saturated rings. The molecule has 0 aromatic heterocycles. The highest BCUT2D eigenvalue weighted by Crippen LogP contribution is 2.25. The molecule has 11 heavy (non-hydrogen) atoms. The summed E-state index contributed by atoms with van der Waals surface area (Å²) >= 11 is 7.65. The van der Waals surface area contributed by atoms with Gasteiger partial charge in [-0.3, -0.25) is 0 Å². The van der Waals surface area contributed by atoms with E-state index in [0.717, 1.165) is 11.8 Å². The van der Waals surface area contributed by atoms with Gasteiger partial charge in [-0.1, -0.05) is 25.1 Å². The van der Waals surface area contributed by atoms with E-state index in [1.807, 2.05) is 11.8 Å². The third kappa shape index (κ3) is 3.50. The minimum absolute atomic E-state index is 0.644. The fraction of sp³-hybridized carbons (Fsp3) is 0.750. The minimum atomic E-state index is 0.644. The molecule has 3 heteroatoms. The Balaban J connectivity index is 2.13. The van der Waals surface area contributed by atoms with Gasteiger partial charge in [0.2, 0.25) is 0 Å². The second-order valence-electron chi connectivity index (χ2n) is 2.97. The molecule has 1 rings (SSSR count). The first-order chi connectivity index (χ1) is 5.18. The lowest BCUT2D eigenvalue weighted by atomic mass is 10.2. The Bertz CT molecular complexity index is 149. The standard InChI is InChI=1S/C8H14ClNS/c1-6(9)4-10-8-3-7(2)11-5-8/h7-8,10H,1,3-5H2,2H3. The van der Waals surface area contributed by atoms with Crippen molar-refractivity contribution in [2.24, 2.45) is 0 Å². The maximum absolute atomic E-state index is 5.63. The molecule has 1 saturated heterocycles. The van der Waals surface area contributed by atoms with E-state index in [1.165, 1.54) is 12.2 Å². The van der Waals surface area contributed by atoms with Crippen molar-refractivity contribution in [3.05, 3.63) is 11.6 Å². The van der Waals surface area contributed by atoms with Crippen molar-refractivity contribution < 1.29 is 0 Å². The summed E-state index contributed by atoms with van der Waals surface area (Å²) in [6.45, 7) is 6.65. The molecule has 0 amide bonds. The van der Waals surface area contributed by atoms with Crippen molar-refractivity contribution in [2.45, 2.75) is 24.6 Å². The Kier molecular flexibility index (Phi) is 3.76. The molecular weight excluding hydrogens is 178 g/mol. The lowest BCUT2D eigenvalue weighted by Crippen LogP contribution is -2.29. The van der Waals surface area contributed by atoms with Gasteiger partial charge in [0.05, 0.1) is 0 Å². The quantitative estimate of drug-likeness (QED) is 0.735. The van der Waals surface area contributed by atoms with Gasteiger partial charge in [-0.05, 0) is 6.42 Å². The number of thioether (sulfide) groups is 1. The number of nitrogens with one attached hydrogen (secondary N) is 1. The topological polar surface area (TPSA) is 12.0 Å². The summed E-state index contributed by atoms with van der Waals surface area (Å²) in [6, 6.07) is 0.644. The van der Waals surface area contributed by atoms with E-state index in [4.69, 9.17) is 11.6 Å². The van der Waals surface area contributed by atoms with E-state index >= 15 is 0 Å². The third-order valence-electron chi connectivity index (χ3n) is 1.78.